The summed E-state index contributed by atoms with van der Waals surface area (Å²) < 4.78 is 5.90. The van der Waals surface area contributed by atoms with Crippen molar-refractivity contribution >= 4 is 11.5 Å². The number of nitrogens with one attached hydrogen (secondary N) is 1. The smallest absolute Gasteiger partial charge is 0.158 e. The lowest BCUT2D eigenvalue weighted by Gasteiger charge is -2.34. The highest BCUT2D eigenvalue weighted by molar-refractivity contribution is 5.89. The number of rotatable bonds is 7. The summed E-state index contributed by atoms with van der Waals surface area (Å²) in [5.41, 5.74) is 1.02. The van der Waals surface area contributed by atoms with E-state index < -0.39 is 0 Å². The fourth-order valence-electron chi connectivity index (χ4n) is 4.95. The molecule has 2 aliphatic rings. The Bertz CT molecular complexity index is 759. The molecule has 3 heteroatoms. The number of para-hydroxylation sites is 1. The number of benzene rings is 2. The van der Waals surface area contributed by atoms with Crippen LogP contribution in [0.15, 0.2) is 54.6 Å². The van der Waals surface area contributed by atoms with Crippen LogP contribution in [0.5, 0.6) is 11.5 Å². The Morgan fingerprint density at radius 3 is 2.00 bits per heavy atom. The number of hydrogen-bond donors (Lipinski definition) is 1. The molecule has 0 saturated heterocycles. The summed E-state index contributed by atoms with van der Waals surface area (Å²) >= 11 is 0. The minimum Gasteiger partial charge on any atom is -0.457 e. The highest BCUT2D eigenvalue weighted by atomic mass is 16.5. The third kappa shape index (κ3) is 5.41. The number of carbonyl (C=O) groups is 1. The van der Waals surface area contributed by atoms with Crippen molar-refractivity contribution in [1.29, 1.82) is 0 Å². The second kappa shape index (κ2) is 9.96. The molecule has 0 spiro atoms. The Morgan fingerprint density at radius 1 is 0.759 bits per heavy atom. The topological polar surface area (TPSA) is 38.3 Å². The van der Waals surface area contributed by atoms with Crippen LogP contribution in [-0.4, -0.2) is 11.8 Å². The predicted molar refractivity (Wildman–Crippen MR) is 119 cm³/mol. The van der Waals surface area contributed by atoms with E-state index in [9.17, 15) is 4.79 Å². The summed E-state index contributed by atoms with van der Waals surface area (Å²) in [4.78, 5) is 13.4. The summed E-state index contributed by atoms with van der Waals surface area (Å²) in [6.45, 7) is 0. The number of carbonyl (C=O) groups excluding carboxylic acids is 1. The van der Waals surface area contributed by atoms with Gasteiger partial charge >= 0.3 is 0 Å². The van der Waals surface area contributed by atoms with Crippen molar-refractivity contribution < 1.29 is 9.53 Å². The summed E-state index contributed by atoms with van der Waals surface area (Å²) in [6, 6.07) is 17.8. The molecule has 1 atom stereocenters. The van der Waals surface area contributed by atoms with Gasteiger partial charge in [0.15, 0.2) is 5.78 Å². The third-order valence-corrected chi connectivity index (χ3v) is 6.59. The molecule has 3 nitrogen and oxygen atoms in total. The van der Waals surface area contributed by atoms with Crippen molar-refractivity contribution in [3.05, 3.63) is 54.6 Å². The quantitative estimate of drug-likeness (QED) is 0.553. The lowest BCUT2D eigenvalue weighted by Crippen LogP contribution is -2.42. The zero-order valence-electron chi connectivity index (χ0n) is 17.3. The second-order valence-corrected chi connectivity index (χ2v) is 8.70. The molecular formula is C26H33NO2. The maximum Gasteiger partial charge on any atom is 0.158 e. The number of ketones is 1. The van der Waals surface area contributed by atoms with E-state index >= 15 is 0 Å². The summed E-state index contributed by atoms with van der Waals surface area (Å²) in [6.07, 6.45) is 12.0. The molecular weight excluding hydrogens is 358 g/mol. The molecule has 4 rings (SSSR count). The van der Waals surface area contributed by atoms with Gasteiger partial charge in [-0.3, -0.25) is 4.79 Å². The molecule has 2 aromatic rings. The summed E-state index contributed by atoms with van der Waals surface area (Å²) in [5, 5.41) is 3.63. The Hall–Kier alpha value is -2.29. The van der Waals surface area contributed by atoms with Crippen molar-refractivity contribution in [3.8, 4) is 11.5 Å². The van der Waals surface area contributed by atoms with Gasteiger partial charge in [0, 0.05) is 11.6 Å². The molecule has 0 aliphatic heterocycles. The van der Waals surface area contributed by atoms with Crippen LogP contribution in [0.25, 0.3) is 0 Å². The first-order valence-corrected chi connectivity index (χ1v) is 11.4. The zero-order chi connectivity index (χ0) is 19.9. The highest BCUT2D eigenvalue weighted by Gasteiger charge is 2.34. The fraction of sp³-hybridized carbons (Fsp3) is 0.500. The van der Waals surface area contributed by atoms with Gasteiger partial charge in [0.2, 0.25) is 0 Å². The van der Waals surface area contributed by atoms with Gasteiger partial charge in [0.05, 0.1) is 6.04 Å². The van der Waals surface area contributed by atoms with E-state index in [1.807, 2.05) is 54.6 Å². The molecule has 154 valence electrons. The van der Waals surface area contributed by atoms with Crippen LogP contribution in [0.4, 0.5) is 5.69 Å². The maximum atomic E-state index is 13.4. The molecule has 2 fully saturated rings. The van der Waals surface area contributed by atoms with E-state index in [0.717, 1.165) is 30.0 Å². The van der Waals surface area contributed by atoms with E-state index in [0.29, 0.717) is 11.7 Å². The van der Waals surface area contributed by atoms with Gasteiger partial charge in [0.25, 0.3) is 0 Å². The maximum absolute atomic E-state index is 13.4. The minimum atomic E-state index is -0.0423. The van der Waals surface area contributed by atoms with E-state index in [1.165, 1.54) is 51.4 Å². The third-order valence-electron chi connectivity index (χ3n) is 6.59. The van der Waals surface area contributed by atoms with Crippen molar-refractivity contribution in [3.63, 3.8) is 0 Å². The number of anilines is 1. The monoisotopic (exact) mass is 391 g/mol. The lowest BCUT2D eigenvalue weighted by molar-refractivity contribution is -0.125. The molecule has 0 radical (unpaired) electrons. The Morgan fingerprint density at radius 2 is 1.34 bits per heavy atom. The van der Waals surface area contributed by atoms with Crippen LogP contribution in [0.2, 0.25) is 0 Å². The van der Waals surface area contributed by atoms with Crippen LogP contribution < -0.4 is 10.1 Å². The van der Waals surface area contributed by atoms with E-state index in [4.69, 9.17) is 4.74 Å². The van der Waals surface area contributed by atoms with Crippen molar-refractivity contribution in [2.24, 2.45) is 11.8 Å². The first-order valence-electron chi connectivity index (χ1n) is 11.4. The molecule has 0 aromatic heterocycles. The molecule has 0 bridgehead atoms. The molecule has 0 heterocycles. The molecule has 0 unspecified atom stereocenters. The van der Waals surface area contributed by atoms with Crippen LogP contribution in [0.1, 0.15) is 64.2 Å². The van der Waals surface area contributed by atoms with Gasteiger partial charge < -0.3 is 10.1 Å². The standard InChI is InChI=1S/C26H33NO2/c28-26(21-12-6-2-7-13-21)25(20-10-4-1-5-11-20)27-22-16-18-24(19-17-22)29-23-14-8-3-9-15-23/h3,8-9,14-21,25,27H,1-2,4-7,10-13H2/t25-/m1/s1. The SMILES string of the molecule is O=C(C1CCCCC1)[C@H](Nc1ccc(Oc2ccccc2)cc1)C1CCCCC1. The van der Waals surface area contributed by atoms with Crippen LogP contribution in [-0.2, 0) is 4.79 Å². The van der Waals surface area contributed by atoms with Gasteiger partial charge in [-0.25, -0.2) is 0 Å². The van der Waals surface area contributed by atoms with E-state index in [2.05, 4.69) is 5.32 Å². The van der Waals surface area contributed by atoms with E-state index in [1.54, 1.807) is 0 Å². The van der Waals surface area contributed by atoms with Gasteiger partial charge in [0.1, 0.15) is 11.5 Å². The average Bonchev–Trinajstić information content (AvgIpc) is 2.80. The van der Waals surface area contributed by atoms with Crippen molar-refractivity contribution in [2.45, 2.75) is 70.3 Å². The predicted octanol–water partition coefficient (Wildman–Crippen LogP) is 6.99. The Labute approximate surface area is 174 Å². The van der Waals surface area contributed by atoms with Crippen molar-refractivity contribution in [2.75, 3.05) is 5.32 Å². The van der Waals surface area contributed by atoms with Gasteiger partial charge in [-0.1, -0.05) is 56.7 Å². The van der Waals surface area contributed by atoms with Crippen molar-refractivity contribution in [1.82, 2.24) is 0 Å². The fourth-order valence-corrected chi connectivity index (χ4v) is 4.95. The number of Topliss-reactive ketones (excluding diaryl/α,β-unsaturated/α-hetero) is 1. The molecule has 2 aromatic carbocycles. The Kier molecular flexibility index (Phi) is 6.87. The van der Waals surface area contributed by atoms with Gasteiger partial charge in [-0.15, -0.1) is 0 Å². The molecule has 2 saturated carbocycles. The summed E-state index contributed by atoms with van der Waals surface area (Å²) in [7, 11) is 0. The van der Waals surface area contributed by atoms with Gasteiger partial charge in [-0.05, 0) is 68.0 Å². The first-order chi connectivity index (χ1) is 14.3. The van der Waals surface area contributed by atoms with Crippen LogP contribution >= 0.6 is 0 Å². The number of ether oxygens (including phenoxy) is 1. The number of hydrogen-bond acceptors (Lipinski definition) is 3. The van der Waals surface area contributed by atoms with Crippen LogP contribution in [0, 0.1) is 11.8 Å². The Balaban J connectivity index is 1.45. The molecule has 29 heavy (non-hydrogen) atoms. The second-order valence-electron chi connectivity index (χ2n) is 8.70. The molecule has 1 N–H and O–H groups in total. The zero-order valence-corrected chi connectivity index (χ0v) is 17.3. The summed E-state index contributed by atoms with van der Waals surface area (Å²) in [5.74, 6) is 2.83. The molecule has 0 amide bonds. The van der Waals surface area contributed by atoms with Crippen LogP contribution in [0.3, 0.4) is 0 Å². The minimum absolute atomic E-state index is 0.0423. The molecule has 2 aliphatic carbocycles. The average molecular weight is 392 g/mol. The van der Waals surface area contributed by atoms with Gasteiger partial charge in [-0.2, -0.15) is 0 Å². The van der Waals surface area contributed by atoms with E-state index in [-0.39, 0.29) is 12.0 Å². The highest BCUT2D eigenvalue weighted by Crippen LogP contribution is 2.33. The first kappa shape index (κ1) is 20.0. The largest absolute Gasteiger partial charge is 0.457 e. The lowest BCUT2D eigenvalue weighted by atomic mass is 9.76. The normalized spacial score (nSPS) is 19.4.